The summed E-state index contributed by atoms with van der Waals surface area (Å²) in [5.74, 6) is -1.46. The predicted octanol–water partition coefficient (Wildman–Crippen LogP) is 0.193. The first-order chi connectivity index (χ1) is 10.9. The van der Waals surface area contributed by atoms with E-state index in [9.17, 15) is 24.6 Å². The van der Waals surface area contributed by atoms with Crippen molar-refractivity contribution in [3.63, 3.8) is 0 Å². The van der Waals surface area contributed by atoms with E-state index in [1.807, 2.05) is 4.90 Å². The molecule has 0 aromatic rings. The molecule has 0 bridgehead atoms. The third kappa shape index (κ3) is 3.55. The van der Waals surface area contributed by atoms with Crippen LogP contribution in [0.5, 0.6) is 0 Å². The van der Waals surface area contributed by atoms with E-state index in [1.54, 1.807) is 0 Å². The number of carboxylic acids is 2. The van der Waals surface area contributed by atoms with Crippen molar-refractivity contribution in [1.29, 1.82) is 0 Å². The van der Waals surface area contributed by atoms with Crippen LogP contribution in [-0.2, 0) is 14.4 Å². The van der Waals surface area contributed by atoms with E-state index in [4.69, 9.17) is 0 Å². The molecular weight excluding hydrogens is 300 g/mol. The third-order valence-corrected chi connectivity index (χ3v) is 5.75. The second-order valence-electron chi connectivity index (χ2n) is 7.23. The van der Waals surface area contributed by atoms with Gasteiger partial charge in [0.25, 0.3) is 0 Å². The first kappa shape index (κ1) is 16.4. The van der Waals surface area contributed by atoms with Gasteiger partial charge in [-0.3, -0.25) is 19.3 Å². The fourth-order valence-corrected chi connectivity index (χ4v) is 4.48. The molecule has 3 N–H and O–H groups in total. The van der Waals surface area contributed by atoms with E-state index in [0.29, 0.717) is 31.3 Å². The molecule has 1 aliphatic carbocycles. The van der Waals surface area contributed by atoms with Crippen molar-refractivity contribution in [1.82, 2.24) is 10.2 Å². The van der Waals surface area contributed by atoms with Crippen LogP contribution < -0.4 is 5.32 Å². The number of likely N-dealkylation sites (tertiary alicyclic amines) is 1. The summed E-state index contributed by atoms with van der Waals surface area (Å²) in [5.41, 5.74) is 0. The number of nitrogens with zero attached hydrogens (tertiary/aromatic N) is 1. The summed E-state index contributed by atoms with van der Waals surface area (Å²) in [6.07, 6.45) is 3.60. The number of Topliss-reactive ketones (excluding diaryl/α,β-unsaturated/α-hetero) is 1. The Bertz CT molecular complexity index is 509. The predicted molar refractivity (Wildman–Crippen MR) is 81.0 cm³/mol. The Morgan fingerprint density at radius 2 is 1.87 bits per heavy atom. The number of carbonyl (C=O) groups excluding carboxylic acids is 1. The molecule has 0 radical (unpaired) electrons. The molecule has 2 aliphatic heterocycles. The quantitative estimate of drug-likeness (QED) is 0.680. The number of piperidine rings is 2. The number of carboxylic acid groups (broad SMARTS) is 2. The Balaban J connectivity index is 1.64. The fraction of sp³-hybridized carbons (Fsp3) is 0.812. The van der Waals surface area contributed by atoms with Crippen molar-refractivity contribution in [3.8, 4) is 0 Å². The van der Waals surface area contributed by atoms with Crippen LogP contribution in [-0.4, -0.2) is 64.6 Å². The van der Waals surface area contributed by atoms with Gasteiger partial charge in [0, 0.05) is 19.0 Å². The van der Waals surface area contributed by atoms with Gasteiger partial charge in [-0.05, 0) is 44.1 Å². The first-order valence-electron chi connectivity index (χ1n) is 8.38. The smallest absolute Gasteiger partial charge is 0.320 e. The molecule has 3 fully saturated rings. The molecule has 23 heavy (non-hydrogen) atoms. The number of carbonyl (C=O) groups is 3. The number of fused-ring (bicyclic) bond motifs is 1. The number of hydrogen-bond donors (Lipinski definition) is 3. The molecule has 3 rings (SSSR count). The Labute approximate surface area is 135 Å². The van der Waals surface area contributed by atoms with Crippen LogP contribution in [0.1, 0.15) is 32.1 Å². The summed E-state index contributed by atoms with van der Waals surface area (Å²) in [6.45, 7) is 1.52. The molecule has 0 aromatic carbocycles. The summed E-state index contributed by atoms with van der Waals surface area (Å²) >= 11 is 0. The normalized spacial score (nSPS) is 38.8. The maximum Gasteiger partial charge on any atom is 0.320 e. The van der Waals surface area contributed by atoms with Gasteiger partial charge in [0.05, 0.1) is 12.5 Å². The van der Waals surface area contributed by atoms with Gasteiger partial charge >= 0.3 is 11.9 Å². The molecule has 128 valence electrons. The molecule has 2 saturated heterocycles. The van der Waals surface area contributed by atoms with Crippen LogP contribution >= 0.6 is 0 Å². The lowest BCUT2D eigenvalue weighted by molar-refractivity contribution is -0.148. The van der Waals surface area contributed by atoms with E-state index < -0.39 is 23.9 Å². The molecule has 0 amide bonds. The highest BCUT2D eigenvalue weighted by atomic mass is 16.4. The highest BCUT2D eigenvalue weighted by Crippen LogP contribution is 2.38. The van der Waals surface area contributed by atoms with Crippen molar-refractivity contribution < 1.29 is 24.6 Å². The molecule has 1 saturated carbocycles. The lowest BCUT2D eigenvalue weighted by Crippen LogP contribution is -2.54. The van der Waals surface area contributed by atoms with Crippen molar-refractivity contribution in [2.45, 2.75) is 44.2 Å². The van der Waals surface area contributed by atoms with Gasteiger partial charge < -0.3 is 15.5 Å². The number of aliphatic carboxylic acids is 2. The first-order valence-corrected chi connectivity index (χ1v) is 8.38. The van der Waals surface area contributed by atoms with Crippen molar-refractivity contribution >= 4 is 17.7 Å². The Kier molecular flexibility index (Phi) is 4.68. The zero-order valence-corrected chi connectivity index (χ0v) is 13.1. The molecule has 3 aliphatic rings. The minimum Gasteiger partial charge on any atom is -0.481 e. The molecule has 5 atom stereocenters. The van der Waals surface area contributed by atoms with Gasteiger partial charge in [0.1, 0.15) is 11.8 Å². The summed E-state index contributed by atoms with van der Waals surface area (Å²) < 4.78 is 0. The van der Waals surface area contributed by atoms with E-state index in [-0.39, 0.29) is 18.2 Å². The van der Waals surface area contributed by atoms with Gasteiger partial charge in [-0.25, -0.2) is 0 Å². The second-order valence-corrected chi connectivity index (χ2v) is 7.23. The van der Waals surface area contributed by atoms with E-state index in [2.05, 4.69) is 5.32 Å². The van der Waals surface area contributed by atoms with Crippen LogP contribution in [0.4, 0.5) is 0 Å². The minimum atomic E-state index is -0.899. The highest BCUT2D eigenvalue weighted by Gasteiger charge is 2.41. The Morgan fingerprint density at radius 3 is 2.57 bits per heavy atom. The molecule has 5 unspecified atom stereocenters. The molecule has 2 heterocycles. The topological polar surface area (TPSA) is 107 Å². The number of hydrogen-bond acceptors (Lipinski definition) is 5. The van der Waals surface area contributed by atoms with Crippen molar-refractivity contribution in [2.75, 3.05) is 19.6 Å². The van der Waals surface area contributed by atoms with Gasteiger partial charge in [0.15, 0.2) is 0 Å². The van der Waals surface area contributed by atoms with Crippen LogP contribution in [0.25, 0.3) is 0 Å². The average Bonchev–Trinajstić information content (AvgIpc) is 2.53. The van der Waals surface area contributed by atoms with Crippen molar-refractivity contribution in [3.05, 3.63) is 0 Å². The lowest BCUT2D eigenvalue weighted by Gasteiger charge is -2.46. The van der Waals surface area contributed by atoms with Crippen LogP contribution in [0, 0.1) is 17.8 Å². The molecule has 7 heteroatoms. The van der Waals surface area contributed by atoms with Crippen molar-refractivity contribution in [2.24, 2.45) is 17.8 Å². The standard InChI is InChI=1S/C16H24N2O5/c19-13-4-11(15(20)21)7-18(8-13)12-2-1-9-6-17-14(16(22)23)5-10(9)3-12/h9-12,14,17H,1-8H2,(H,20,21)(H,22,23). The molecule has 7 nitrogen and oxygen atoms in total. The highest BCUT2D eigenvalue weighted by molar-refractivity contribution is 5.86. The minimum absolute atomic E-state index is 0.000466. The lowest BCUT2D eigenvalue weighted by atomic mass is 9.71. The number of ketones is 1. The van der Waals surface area contributed by atoms with Crippen LogP contribution in [0.15, 0.2) is 0 Å². The second kappa shape index (κ2) is 6.57. The maximum absolute atomic E-state index is 11.9. The molecular formula is C16H24N2O5. The molecule has 0 spiro atoms. The monoisotopic (exact) mass is 324 g/mol. The van der Waals surface area contributed by atoms with E-state index >= 15 is 0 Å². The van der Waals surface area contributed by atoms with Crippen LogP contribution in [0.2, 0.25) is 0 Å². The number of rotatable bonds is 3. The number of nitrogens with one attached hydrogen (secondary N) is 1. The average molecular weight is 324 g/mol. The zero-order chi connectivity index (χ0) is 16.6. The Hall–Kier alpha value is -1.47. The third-order valence-electron chi connectivity index (χ3n) is 5.75. The van der Waals surface area contributed by atoms with Crippen LogP contribution in [0.3, 0.4) is 0 Å². The Morgan fingerprint density at radius 1 is 1.09 bits per heavy atom. The SMILES string of the molecule is O=C1CC(C(=O)O)CN(C2CCC3CNC(C(=O)O)CC3C2)C1. The fourth-order valence-electron chi connectivity index (χ4n) is 4.48. The maximum atomic E-state index is 11.9. The molecule has 0 aromatic heterocycles. The zero-order valence-electron chi connectivity index (χ0n) is 13.1. The van der Waals surface area contributed by atoms with Gasteiger partial charge in [-0.2, -0.15) is 0 Å². The van der Waals surface area contributed by atoms with E-state index in [0.717, 1.165) is 25.8 Å². The van der Waals surface area contributed by atoms with Gasteiger partial charge in [-0.15, -0.1) is 0 Å². The largest absolute Gasteiger partial charge is 0.481 e. The summed E-state index contributed by atoms with van der Waals surface area (Å²) in [6, 6.07) is -0.278. The summed E-state index contributed by atoms with van der Waals surface area (Å²) in [5, 5.41) is 21.5. The summed E-state index contributed by atoms with van der Waals surface area (Å²) in [4.78, 5) is 36.3. The van der Waals surface area contributed by atoms with E-state index in [1.165, 1.54) is 0 Å². The van der Waals surface area contributed by atoms with Gasteiger partial charge in [0.2, 0.25) is 0 Å². The van der Waals surface area contributed by atoms with Gasteiger partial charge in [-0.1, -0.05) is 0 Å². The summed E-state index contributed by atoms with van der Waals surface area (Å²) in [7, 11) is 0.